The standard InChI is InChI=1S/C23H32ClNO4/c1-2-28-23-19(9-6-14-26)20(16-10-12-17(24)13-11-16)15-21(29-23)22(27)25-18-7-4-3-5-8-18/h10-13,15,18-20,23,26H,2-9,14H2,1H3,(H,25,27)/t19-,20+,23+/m0/s1. The average molecular weight is 422 g/mol. The van der Waals surface area contributed by atoms with Crippen molar-refractivity contribution < 1.29 is 19.4 Å². The lowest BCUT2D eigenvalue weighted by Crippen LogP contribution is -2.42. The third-order valence-electron chi connectivity index (χ3n) is 5.83. The topological polar surface area (TPSA) is 67.8 Å². The third kappa shape index (κ3) is 5.97. The Morgan fingerprint density at radius 3 is 2.62 bits per heavy atom. The first kappa shape index (κ1) is 22.1. The second kappa shape index (κ2) is 11.0. The van der Waals surface area contributed by atoms with Gasteiger partial charge in [0, 0.05) is 36.1 Å². The van der Waals surface area contributed by atoms with Crippen LogP contribution in [-0.2, 0) is 14.3 Å². The molecule has 1 aliphatic carbocycles. The first-order valence-corrected chi connectivity index (χ1v) is 11.2. The average Bonchev–Trinajstić information content (AvgIpc) is 2.74. The third-order valence-corrected chi connectivity index (χ3v) is 6.08. The fourth-order valence-corrected chi connectivity index (χ4v) is 4.46. The van der Waals surface area contributed by atoms with Gasteiger partial charge in [-0.1, -0.05) is 43.0 Å². The molecule has 2 aliphatic rings. The quantitative estimate of drug-likeness (QED) is 0.646. The van der Waals surface area contributed by atoms with E-state index in [0.717, 1.165) is 37.7 Å². The Hall–Kier alpha value is -1.56. The number of aliphatic hydroxyl groups excluding tert-OH is 1. The van der Waals surface area contributed by atoms with E-state index in [1.807, 2.05) is 37.3 Å². The molecule has 0 unspecified atom stereocenters. The van der Waals surface area contributed by atoms with Gasteiger partial charge in [-0.25, -0.2) is 0 Å². The minimum absolute atomic E-state index is 0.00880. The van der Waals surface area contributed by atoms with Crippen molar-refractivity contribution in [3.63, 3.8) is 0 Å². The van der Waals surface area contributed by atoms with Crippen LogP contribution in [0.1, 0.15) is 63.4 Å². The molecule has 1 saturated carbocycles. The Kier molecular flexibility index (Phi) is 8.40. The number of amides is 1. The van der Waals surface area contributed by atoms with Gasteiger partial charge in [-0.05, 0) is 56.4 Å². The van der Waals surface area contributed by atoms with Crippen LogP contribution in [0, 0.1) is 5.92 Å². The fraction of sp³-hybridized carbons (Fsp3) is 0.609. The second-order valence-corrected chi connectivity index (χ2v) is 8.32. The predicted octanol–water partition coefficient (Wildman–Crippen LogP) is 4.54. The molecule has 1 aromatic carbocycles. The number of rotatable bonds is 8. The predicted molar refractivity (Wildman–Crippen MR) is 114 cm³/mol. The van der Waals surface area contributed by atoms with Crippen LogP contribution in [-0.4, -0.2) is 36.6 Å². The monoisotopic (exact) mass is 421 g/mol. The maximum absolute atomic E-state index is 12.9. The van der Waals surface area contributed by atoms with Crippen LogP contribution in [0.2, 0.25) is 5.02 Å². The van der Waals surface area contributed by atoms with E-state index in [9.17, 15) is 9.90 Å². The number of hydrogen-bond acceptors (Lipinski definition) is 4. The molecule has 1 amide bonds. The number of halogens is 1. The van der Waals surface area contributed by atoms with Gasteiger partial charge in [-0.15, -0.1) is 0 Å². The zero-order valence-corrected chi connectivity index (χ0v) is 17.9. The molecule has 1 fully saturated rings. The molecular formula is C23H32ClNO4. The van der Waals surface area contributed by atoms with Crippen LogP contribution < -0.4 is 5.32 Å². The van der Waals surface area contributed by atoms with E-state index in [1.165, 1.54) is 6.42 Å². The van der Waals surface area contributed by atoms with Crippen LogP contribution in [0.15, 0.2) is 36.1 Å². The molecular weight excluding hydrogens is 390 g/mol. The summed E-state index contributed by atoms with van der Waals surface area (Å²) < 4.78 is 11.9. The summed E-state index contributed by atoms with van der Waals surface area (Å²) in [6, 6.07) is 7.91. The van der Waals surface area contributed by atoms with Crippen molar-refractivity contribution in [2.45, 2.75) is 70.1 Å². The van der Waals surface area contributed by atoms with E-state index in [2.05, 4.69) is 5.32 Å². The zero-order chi connectivity index (χ0) is 20.6. The molecule has 0 spiro atoms. The highest BCUT2D eigenvalue weighted by Gasteiger charge is 2.38. The molecule has 0 aromatic heterocycles. The lowest BCUT2D eigenvalue weighted by Gasteiger charge is -2.37. The van der Waals surface area contributed by atoms with Gasteiger partial charge in [-0.3, -0.25) is 4.79 Å². The van der Waals surface area contributed by atoms with Crippen molar-refractivity contribution >= 4 is 17.5 Å². The lowest BCUT2D eigenvalue weighted by atomic mass is 9.80. The van der Waals surface area contributed by atoms with Gasteiger partial charge >= 0.3 is 0 Å². The first-order valence-electron chi connectivity index (χ1n) is 10.8. The maximum atomic E-state index is 12.9. The summed E-state index contributed by atoms with van der Waals surface area (Å²) in [6.45, 7) is 2.52. The summed E-state index contributed by atoms with van der Waals surface area (Å²) in [5.74, 6) is 0.126. The zero-order valence-electron chi connectivity index (χ0n) is 17.1. The van der Waals surface area contributed by atoms with Crippen molar-refractivity contribution in [2.24, 2.45) is 5.92 Å². The Bertz CT molecular complexity index is 685. The molecule has 29 heavy (non-hydrogen) atoms. The number of aliphatic hydroxyl groups is 1. The highest BCUT2D eigenvalue weighted by Crippen LogP contribution is 2.39. The number of carbonyl (C=O) groups is 1. The van der Waals surface area contributed by atoms with Gasteiger partial charge in [0.25, 0.3) is 5.91 Å². The van der Waals surface area contributed by atoms with Crippen molar-refractivity contribution in [1.29, 1.82) is 0 Å². The van der Waals surface area contributed by atoms with Crippen molar-refractivity contribution in [2.75, 3.05) is 13.2 Å². The molecule has 1 aliphatic heterocycles. The summed E-state index contributed by atoms with van der Waals surface area (Å²) in [6.07, 6.45) is 8.38. The number of ether oxygens (including phenoxy) is 2. The Morgan fingerprint density at radius 2 is 1.97 bits per heavy atom. The molecule has 5 nitrogen and oxygen atoms in total. The Balaban J connectivity index is 1.86. The summed E-state index contributed by atoms with van der Waals surface area (Å²) in [5, 5.41) is 13.2. The van der Waals surface area contributed by atoms with Gasteiger partial charge in [0.2, 0.25) is 6.29 Å². The molecule has 2 N–H and O–H groups in total. The van der Waals surface area contributed by atoms with Gasteiger partial charge in [0.1, 0.15) is 0 Å². The SMILES string of the molecule is CCO[C@@H]1OC(C(=O)NC2CCCCC2)=C[C@H](c2ccc(Cl)cc2)[C@@H]1CCCO. The number of benzene rings is 1. The largest absolute Gasteiger partial charge is 0.459 e. The molecule has 3 rings (SSSR count). The molecule has 160 valence electrons. The minimum Gasteiger partial charge on any atom is -0.459 e. The van der Waals surface area contributed by atoms with Crippen LogP contribution >= 0.6 is 11.6 Å². The fourth-order valence-electron chi connectivity index (χ4n) is 4.33. The van der Waals surface area contributed by atoms with Gasteiger partial charge in [0.15, 0.2) is 5.76 Å². The van der Waals surface area contributed by atoms with E-state index < -0.39 is 6.29 Å². The summed E-state index contributed by atoms with van der Waals surface area (Å²) >= 11 is 6.07. The molecule has 3 atom stereocenters. The van der Waals surface area contributed by atoms with E-state index in [1.54, 1.807) is 0 Å². The molecule has 0 bridgehead atoms. The van der Waals surface area contributed by atoms with Crippen molar-refractivity contribution in [3.8, 4) is 0 Å². The molecule has 0 saturated heterocycles. The van der Waals surface area contributed by atoms with Crippen LogP contribution in [0.3, 0.4) is 0 Å². The normalized spacial score (nSPS) is 25.2. The Labute approximate surface area is 178 Å². The van der Waals surface area contributed by atoms with E-state index >= 15 is 0 Å². The second-order valence-electron chi connectivity index (χ2n) is 7.89. The van der Waals surface area contributed by atoms with Gasteiger partial charge in [-0.2, -0.15) is 0 Å². The Morgan fingerprint density at radius 1 is 1.24 bits per heavy atom. The van der Waals surface area contributed by atoms with Crippen molar-refractivity contribution in [3.05, 3.63) is 46.7 Å². The van der Waals surface area contributed by atoms with Gasteiger partial charge in [0.05, 0.1) is 0 Å². The van der Waals surface area contributed by atoms with Crippen LogP contribution in [0.4, 0.5) is 0 Å². The molecule has 0 radical (unpaired) electrons. The minimum atomic E-state index is -0.524. The molecule has 6 heteroatoms. The van der Waals surface area contributed by atoms with E-state index in [-0.39, 0.29) is 30.4 Å². The summed E-state index contributed by atoms with van der Waals surface area (Å²) in [5.41, 5.74) is 1.06. The van der Waals surface area contributed by atoms with Crippen LogP contribution in [0.25, 0.3) is 0 Å². The smallest absolute Gasteiger partial charge is 0.286 e. The van der Waals surface area contributed by atoms with Crippen LogP contribution in [0.5, 0.6) is 0 Å². The summed E-state index contributed by atoms with van der Waals surface area (Å²) in [4.78, 5) is 12.9. The van der Waals surface area contributed by atoms with E-state index in [0.29, 0.717) is 23.8 Å². The highest BCUT2D eigenvalue weighted by atomic mass is 35.5. The maximum Gasteiger partial charge on any atom is 0.286 e. The van der Waals surface area contributed by atoms with Crippen molar-refractivity contribution in [1.82, 2.24) is 5.32 Å². The highest BCUT2D eigenvalue weighted by molar-refractivity contribution is 6.30. The number of allylic oxidation sites excluding steroid dienone is 1. The number of carbonyl (C=O) groups excluding carboxylic acids is 1. The molecule has 1 aromatic rings. The lowest BCUT2D eigenvalue weighted by molar-refractivity contribution is -0.166. The first-order chi connectivity index (χ1) is 14.1. The van der Waals surface area contributed by atoms with E-state index in [4.69, 9.17) is 21.1 Å². The number of hydrogen-bond donors (Lipinski definition) is 2. The van der Waals surface area contributed by atoms with Gasteiger partial charge < -0.3 is 19.9 Å². The number of nitrogens with one attached hydrogen (secondary N) is 1. The molecule has 1 heterocycles. The summed E-state index contributed by atoms with van der Waals surface area (Å²) in [7, 11) is 0.